The molecule has 2 unspecified atom stereocenters. The van der Waals surface area contributed by atoms with Crippen LogP contribution in [0.4, 0.5) is 5.69 Å². The zero-order chi connectivity index (χ0) is 14.9. The summed E-state index contributed by atoms with van der Waals surface area (Å²) in [6.45, 7) is 6.11. The van der Waals surface area contributed by atoms with E-state index < -0.39 is 4.92 Å². The molecule has 5 heteroatoms. The maximum absolute atomic E-state index is 10.7. The molecule has 1 saturated carbocycles. The Morgan fingerprint density at radius 3 is 2.55 bits per heavy atom. The van der Waals surface area contributed by atoms with Crippen LogP contribution in [0.1, 0.15) is 38.7 Å². The average molecular weight is 278 g/mol. The van der Waals surface area contributed by atoms with Crippen molar-refractivity contribution in [1.29, 1.82) is 0 Å². The van der Waals surface area contributed by atoms with Crippen LogP contribution in [0.15, 0.2) is 18.2 Å². The van der Waals surface area contributed by atoms with Crippen molar-refractivity contribution in [2.75, 3.05) is 0 Å². The summed E-state index contributed by atoms with van der Waals surface area (Å²) < 4.78 is 6.08. The molecule has 0 aliphatic heterocycles. The molecule has 0 bridgehead atoms. The second kappa shape index (κ2) is 5.40. The highest BCUT2D eigenvalue weighted by atomic mass is 16.6. The van der Waals surface area contributed by atoms with Crippen LogP contribution >= 0.6 is 0 Å². The van der Waals surface area contributed by atoms with Gasteiger partial charge < -0.3 is 10.5 Å². The molecule has 0 saturated heterocycles. The molecule has 1 fully saturated rings. The van der Waals surface area contributed by atoms with Crippen molar-refractivity contribution in [3.8, 4) is 5.75 Å². The fourth-order valence-corrected chi connectivity index (χ4v) is 3.21. The molecule has 1 aliphatic carbocycles. The number of hydrogen-bond donors (Lipinski definition) is 1. The second-order valence-electron chi connectivity index (χ2n) is 5.60. The fraction of sp³-hybridized carbons (Fsp3) is 0.600. The van der Waals surface area contributed by atoms with Crippen LogP contribution in [0.3, 0.4) is 0 Å². The topological polar surface area (TPSA) is 78.4 Å². The van der Waals surface area contributed by atoms with Gasteiger partial charge in [-0.15, -0.1) is 0 Å². The molecule has 2 N–H and O–H groups in total. The number of rotatable bonds is 5. The molecule has 1 aromatic rings. The minimum Gasteiger partial charge on any atom is -0.489 e. The lowest BCUT2D eigenvalue weighted by Crippen LogP contribution is -2.63. The van der Waals surface area contributed by atoms with Gasteiger partial charge in [0.2, 0.25) is 0 Å². The first-order valence-corrected chi connectivity index (χ1v) is 7.12. The summed E-state index contributed by atoms with van der Waals surface area (Å²) >= 11 is 0. The number of nitrogens with two attached hydrogens (primary N) is 1. The molecule has 0 amide bonds. The summed E-state index contributed by atoms with van der Waals surface area (Å²) in [5.74, 6) is 0.721. The predicted molar refractivity (Wildman–Crippen MR) is 77.9 cm³/mol. The van der Waals surface area contributed by atoms with Gasteiger partial charge in [0.15, 0.2) is 0 Å². The van der Waals surface area contributed by atoms with Gasteiger partial charge >= 0.3 is 0 Å². The third-order valence-corrected chi connectivity index (χ3v) is 4.80. The third-order valence-electron chi connectivity index (χ3n) is 4.80. The van der Waals surface area contributed by atoms with Crippen molar-refractivity contribution >= 4 is 5.69 Å². The molecule has 2 rings (SSSR count). The van der Waals surface area contributed by atoms with E-state index in [9.17, 15) is 10.1 Å². The van der Waals surface area contributed by atoms with Crippen LogP contribution in [-0.4, -0.2) is 17.1 Å². The van der Waals surface area contributed by atoms with Crippen LogP contribution < -0.4 is 10.5 Å². The summed E-state index contributed by atoms with van der Waals surface area (Å²) in [5, 5.41) is 10.7. The molecule has 1 aliphatic rings. The zero-order valence-corrected chi connectivity index (χ0v) is 12.3. The predicted octanol–water partition coefficient (Wildman–Crippen LogP) is 3.19. The molecule has 2 atom stereocenters. The molecule has 110 valence electrons. The van der Waals surface area contributed by atoms with Crippen molar-refractivity contribution in [2.24, 2.45) is 11.1 Å². The Labute approximate surface area is 119 Å². The van der Waals surface area contributed by atoms with E-state index in [4.69, 9.17) is 10.5 Å². The van der Waals surface area contributed by atoms with Crippen molar-refractivity contribution in [3.05, 3.63) is 33.9 Å². The second-order valence-corrected chi connectivity index (χ2v) is 5.60. The standard InChI is InChI=1S/C15H22N2O3/c1-4-15(5-2)13(16)9-14(15)20-12-7-6-11(17(18)19)8-10(12)3/h6-8,13-14H,4-5,9,16H2,1-3H3. The molecule has 0 radical (unpaired) electrons. The van der Waals surface area contributed by atoms with Gasteiger partial charge in [-0.25, -0.2) is 0 Å². The number of benzene rings is 1. The first-order valence-electron chi connectivity index (χ1n) is 7.12. The number of nitro benzene ring substituents is 1. The highest BCUT2D eigenvalue weighted by Gasteiger charge is 2.52. The van der Waals surface area contributed by atoms with E-state index in [1.807, 2.05) is 6.92 Å². The average Bonchev–Trinajstić information content (AvgIpc) is 2.41. The number of hydrogen-bond acceptors (Lipinski definition) is 4. The zero-order valence-electron chi connectivity index (χ0n) is 12.3. The van der Waals surface area contributed by atoms with Gasteiger partial charge in [0.1, 0.15) is 11.9 Å². The normalized spacial score (nSPS) is 24.0. The molecule has 0 aromatic heterocycles. The summed E-state index contributed by atoms with van der Waals surface area (Å²) in [6.07, 6.45) is 2.92. The summed E-state index contributed by atoms with van der Waals surface area (Å²) in [6, 6.07) is 4.90. The monoisotopic (exact) mass is 278 g/mol. The minimum atomic E-state index is -0.390. The van der Waals surface area contributed by atoms with Crippen molar-refractivity contribution in [1.82, 2.24) is 0 Å². The van der Waals surface area contributed by atoms with Crippen molar-refractivity contribution in [3.63, 3.8) is 0 Å². The van der Waals surface area contributed by atoms with E-state index in [0.717, 1.165) is 30.6 Å². The number of nitro groups is 1. The first kappa shape index (κ1) is 14.8. The Morgan fingerprint density at radius 1 is 1.45 bits per heavy atom. The Morgan fingerprint density at radius 2 is 2.10 bits per heavy atom. The smallest absolute Gasteiger partial charge is 0.269 e. The van der Waals surface area contributed by atoms with E-state index in [0.29, 0.717) is 0 Å². The summed E-state index contributed by atoms with van der Waals surface area (Å²) in [7, 11) is 0. The Hall–Kier alpha value is -1.62. The van der Waals surface area contributed by atoms with E-state index >= 15 is 0 Å². The molecule has 5 nitrogen and oxygen atoms in total. The number of non-ortho nitro benzene ring substituents is 1. The lowest BCUT2D eigenvalue weighted by molar-refractivity contribution is -0.384. The van der Waals surface area contributed by atoms with Gasteiger partial charge in [0, 0.05) is 30.0 Å². The molecule has 20 heavy (non-hydrogen) atoms. The van der Waals surface area contributed by atoms with Crippen LogP contribution in [-0.2, 0) is 0 Å². The van der Waals surface area contributed by atoms with Gasteiger partial charge in [0.25, 0.3) is 5.69 Å². The number of aryl methyl sites for hydroxylation is 1. The largest absolute Gasteiger partial charge is 0.489 e. The van der Waals surface area contributed by atoms with E-state index in [1.54, 1.807) is 12.1 Å². The molecular weight excluding hydrogens is 256 g/mol. The van der Waals surface area contributed by atoms with Crippen LogP contribution in [0.2, 0.25) is 0 Å². The van der Waals surface area contributed by atoms with Gasteiger partial charge in [-0.05, 0) is 31.4 Å². The van der Waals surface area contributed by atoms with Crippen molar-refractivity contribution in [2.45, 2.75) is 52.2 Å². The van der Waals surface area contributed by atoms with Gasteiger partial charge in [0.05, 0.1) is 4.92 Å². The number of ether oxygens (including phenoxy) is 1. The highest BCUT2D eigenvalue weighted by molar-refractivity contribution is 5.43. The summed E-state index contributed by atoms with van der Waals surface area (Å²) in [5.41, 5.74) is 7.08. The van der Waals surface area contributed by atoms with Crippen LogP contribution in [0.25, 0.3) is 0 Å². The molecular formula is C15H22N2O3. The first-order chi connectivity index (χ1) is 9.44. The fourth-order valence-electron chi connectivity index (χ4n) is 3.21. The van der Waals surface area contributed by atoms with E-state index in [-0.39, 0.29) is 23.2 Å². The lowest BCUT2D eigenvalue weighted by Gasteiger charge is -2.53. The molecule has 1 aromatic carbocycles. The maximum atomic E-state index is 10.7. The van der Waals surface area contributed by atoms with Gasteiger partial charge in [-0.1, -0.05) is 13.8 Å². The number of nitrogens with zero attached hydrogens (tertiary/aromatic N) is 1. The Kier molecular flexibility index (Phi) is 3.99. The van der Waals surface area contributed by atoms with E-state index in [1.165, 1.54) is 6.07 Å². The quantitative estimate of drug-likeness (QED) is 0.662. The van der Waals surface area contributed by atoms with E-state index in [2.05, 4.69) is 13.8 Å². The molecule has 0 heterocycles. The third kappa shape index (κ3) is 2.26. The SMILES string of the molecule is CCC1(CC)C(N)CC1Oc1ccc([N+](=O)[O-])cc1C. The summed E-state index contributed by atoms with van der Waals surface area (Å²) in [4.78, 5) is 10.4. The maximum Gasteiger partial charge on any atom is 0.269 e. The van der Waals surface area contributed by atoms with Crippen molar-refractivity contribution < 1.29 is 9.66 Å². The van der Waals surface area contributed by atoms with Crippen LogP contribution in [0, 0.1) is 22.5 Å². The van der Waals surface area contributed by atoms with Gasteiger partial charge in [-0.3, -0.25) is 10.1 Å². The minimum absolute atomic E-state index is 0.0359. The lowest BCUT2D eigenvalue weighted by atomic mass is 9.59. The Bertz CT molecular complexity index is 512. The van der Waals surface area contributed by atoms with Gasteiger partial charge in [-0.2, -0.15) is 0 Å². The van der Waals surface area contributed by atoms with Crippen LogP contribution in [0.5, 0.6) is 5.75 Å². The highest BCUT2D eigenvalue weighted by Crippen LogP contribution is 2.48. The Balaban J connectivity index is 2.17. The molecule has 0 spiro atoms.